The molecule has 2 rings (SSSR count). The first kappa shape index (κ1) is 9.19. The number of methoxy groups -OCH3 is 1. The summed E-state index contributed by atoms with van der Waals surface area (Å²) in [6, 6.07) is 2.02. The zero-order valence-corrected chi connectivity index (χ0v) is 8.73. The molecular weight excluding hydrogens is 184 g/mol. The highest BCUT2D eigenvalue weighted by molar-refractivity contribution is 7.10. The highest BCUT2D eigenvalue weighted by Crippen LogP contribution is 2.44. The first-order chi connectivity index (χ1) is 6.15. The summed E-state index contributed by atoms with van der Waals surface area (Å²) in [6.07, 6.45) is 1.71. The summed E-state index contributed by atoms with van der Waals surface area (Å²) in [7, 11) is 1.70. The second-order valence-electron chi connectivity index (χ2n) is 3.69. The first-order valence-electron chi connectivity index (χ1n) is 4.45. The topological polar surface area (TPSA) is 29.5 Å². The number of hydrogen-bond acceptors (Lipinski definition) is 3. The van der Waals surface area contributed by atoms with Crippen LogP contribution in [0, 0.1) is 6.92 Å². The van der Waals surface area contributed by atoms with Gasteiger partial charge in [-0.2, -0.15) is 0 Å². The number of hydrogen-bond donors (Lipinski definition) is 1. The van der Waals surface area contributed by atoms with Gasteiger partial charge in [-0.15, -0.1) is 11.3 Å². The molecule has 0 atom stereocenters. The fraction of sp³-hybridized carbons (Fsp3) is 0.600. The molecule has 0 aromatic carbocycles. The molecule has 3 heteroatoms. The Morgan fingerprint density at radius 1 is 1.62 bits per heavy atom. The first-order valence-corrected chi connectivity index (χ1v) is 5.33. The van der Waals surface area contributed by atoms with Gasteiger partial charge < -0.3 is 9.84 Å². The van der Waals surface area contributed by atoms with Gasteiger partial charge >= 0.3 is 0 Å². The van der Waals surface area contributed by atoms with Crippen LogP contribution >= 0.6 is 11.3 Å². The zero-order valence-electron chi connectivity index (χ0n) is 7.91. The van der Waals surface area contributed by atoms with Crippen molar-refractivity contribution >= 4 is 11.3 Å². The normalized spacial score (nSPS) is 33.0. The van der Waals surface area contributed by atoms with E-state index in [1.54, 1.807) is 18.4 Å². The lowest BCUT2D eigenvalue weighted by atomic mass is 9.73. The van der Waals surface area contributed by atoms with Gasteiger partial charge in [0.1, 0.15) is 0 Å². The average Bonchev–Trinajstić information content (AvgIpc) is 2.46. The van der Waals surface area contributed by atoms with Crippen molar-refractivity contribution in [2.24, 2.45) is 0 Å². The van der Waals surface area contributed by atoms with E-state index in [0.29, 0.717) is 0 Å². The predicted molar refractivity (Wildman–Crippen MR) is 53.0 cm³/mol. The molecule has 1 saturated carbocycles. The molecule has 13 heavy (non-hydrogen) atoms. The SMILES string of the molecule is COC1CC(O)(c2ccsc2C)C1. The van der Waals surface area contributed by atoms with Crippen LogP contribution in [0.2, 0.25) is 0 Å². The smallest absolute Gasteiger partial charge is 0.0956 e. The number of ether oxygens (including phenoxy) is 1. The van der Waals surface area contributed by atoms with Crippen molar-refractivity contribution in [1.82, 2.24) is 0 Å². The van der Waals surface area contributed by atoms with Gasteiger partial charge in [-0.1, -0.05) is 0 Å². The zero-order chi connectivity index (χ0) is 9.47. The summed E-state index contributed by atoms with van der Waals surface area (Å²) < 4.78 is 5.16. The summed E-state index contributed by atoms with van der Waals surface area (Å²) in [6.45, 7) is 2.05. The van der Waals surface area contributed by atoms with Gasteiger partial charge in [-0.3, -0.25) is 0 Å². The molecule has 1 aliphatic rings. The Hall–Kier alpha value is -0.380. The highest BCUT2D eigenvalue weighted by atomic mass is 32.1. The van der Waals surface area contributed by atoms with Crippen LogP contribution in [0.1, 0.15) is 23.3 Å². The Bertz CT molecular complexity index is 300. The number of rotatable bonds is 2. The second-order valence-corrected chi connectivity index (χ2v) is 4.81. The maximum atomic E-state index is 10.2. The van der Waals surface area contributed by atoms with E-state index < -0.39 is 5.60 Å². The van der Waals surface area contributed by atoms with Crippen molar-refractivity contribution < 1.29 is 9.84 Å². The van der Waals surface area contributed by atoms with Crippen molar-refractivity contribution in [2.45, 2.75) is 31.5 Å². The molecule has 0 amide bonds. The number of aryl methyl sites for hydroxylation is 1. The molecule has 1 N–H and O–H groups in total. The van der Waals surface area contributed by atoms with E-state index in [-0.39, 0.29) is 6.10 Å². The van der Waals surface area contributed by atoms with Crippen LogP contribution in [0.4, 0.5) is 0 Å². The third-order valence-electron chi connectivity index (χ3n) is 2.82. The van der Waals surface area contributed by atoms with Crippen LogP contribution in [0.25, 0.3) is 0 Å². The third-order valence-corrected chi connectivity index (χ3v) is 3.67. The van der Waals surface area contributed by atoms with Crippen LogP contribution in [0.15, 0.2) is 11.4 Å². The van der Waals surface area contributed by atoms with E-state index in [4.69, 9.17) is 4.74 Å². The average molecular weight is 198 g/mol. The lowest BCUT2D eigenvalue weighted by molar-refractivity contribution is -0.133. The Morgan fingerprint density at radius 2 is 2.31 bits per heavy atom. The molecule has 0 bridgehead atoms. The molecule has 1 aliphatic carbocycles. The molecule has 1 aromatic heterocycles. The van der Waals surface area contributed by atoms with E-state index in [9.17, 15) is 5.11 Å². The lowest BCUT2D eigenvalue weighted by Gasteiger charge is -2.43. The van der Waals surface area contributed by atoms with E-state index >= 15 is 0 Å². The summed E-state index contributed by atoms with van der Waals surface area (Å²) >= 11 is 1.69. The van der Waals surface area contributed by atoms with Gasteiger partial charge in [-0.25, -0.2) is 0 Å². The lowest BCUT2D eigenvalue weighted by Crippen LogP contribution is -2.45. The molecule has 0 spiro atoms. The fourth-order valence-electron chi connectivity index (χ4n) is 1.95. The minimum Gasteiger partial charge on any atom is -0.385 e. The minimum absolute atomic E-state index is 0.240. The fourth-order valence-corrected chi connectivity index (χ4v) is 2.74. The van der Waals surface area contributed by atoms with Crippen molar-refractivity contribution in [2.75, 3.05) is 7.11 Å². The molecule has 1 heterocycles. The standard InChI is InChI=1S/C10H14O2S/c1-7-9(3-4-13-7)10(11)5-8(6-10)12-2/h3-4,8,11H,5-6H2,1-2H3. The number of thiophene rings is 1. The summed E-state index contributed by atoms with van der Waals surface area (Å²) in [5.74, 6) is 0. The summed E-state index contributed by atoms with van der Waals surface area (Å²) in [5, 5.41) is 12.2. The van der Waals surface area contributed by atoms with E-state index in [2.05, 4.69) is 6.92 Å². The molecule has 72 valence electrons. The van der Waals surface area contributed by atoms with Gasteiger partial charge in [-0.05, 0) is 23.9 Å². The minimum atomic E-state index is -0.606. The second kappa shape index (κ2) is 3.08. The van der Waals surface area contributed by atoms with Crippen LogP contribution in [-0.4, -0.2) is 18.3 Å². The van der Waals surface area contributed by atoms with Crippen molar-refractivity contribution in [1.29, 1.82) is 0 Å². The van der Waals surface area contributed by atoms with E-state index in [0.717, 1.165) is 18.4 Å². The van der Waals surface area contributed by atoms with Crippen LogP contribution in [0.5, 0.6) is 0 Å². The summed E-state index contributed by atoms with van der Waals surface area (Å²) in [4.78, 5) is 1.22. The molecule has 2 nitrogen and oxygen atoms in total. The van der Waals surface area contributed by atoms with Gasteiger partial charge in [0.15, 0.2) is 0 Å². The predicted octanol–water partition coefficient (Wildman–Crippen LogP) is 2.05. The molecule has 1 fully saturated rings. The third kappa shape index (κ3) is 1.41. The van der Waals surface area contributed by atoms with E-state index in [1.807, 2.05) is 11.4 Å². The van der Waals surface area contributed by atoms with Crippen LogP contribution in [-0.2, 0) is 10.3 Å². The van der Waals surface area contributed by atoms with Gasteiger partial charge in [0.25, 0.3) is 0 Å². The molecule has 0 aliphatic heterocycles. The van der Waals surface area contributed by atoms with E-state index in [1.165, 1.54) is 4.88 Å². The largest absolute Gasteiger partial charge is 0.385 e. The maximum absolute atomic E-state index is 10.2. The van der Waals surface area contributed by atoms with Crippen LogP contribution in [0.3, 0.4) is 0 Å². The molecular formula is C10H14O2S. The molecule has 0 saturated heterocycles. The highest BCUT2D eigenvalue weighted by Gasteiger charge is 2.45. The Balaban J connectivity index is 2.15. The maximum Gasteiger partial charge on any atom is 0.0956 e. The molecule has 1 aromatic rings. The van der Waals surface area contributed by atoms with Crippen molar-refractivity contribution in [3.8, 4) is 0 Å². The summed E-state index contributed by atoms with van der Waals surface area (Å²) in [5.41, 5.74) is 0.482. The Morgan fingerprint density at radius 3 is 2.77 bits per heavy atom. The number of aliphatic hydroxyl groups is 1. The quantitative estimate of drug-likeness (QED) is 0.788. The molecule has 0 radical (unpaired) electrons. The Kier molecular flexibility index (Phi) is 2.18. The van der Waals surface area contributed by atoms with Gasteiger partial charge in [0, 0.05) is 24.8 Å². The van der Waals surface area contributed by atoms with Crippen LogP contribution < -0.4 is 0 Å². The van der Waals surface area contributed by atoms with Gasteiger partial charge in [0.05, 0.1) is 11.7 Å². The monoisotopic (exact) mass is 198 g/mol. The molecule has 0 unspecified atom stereocenters. The Labute approximate surface area is 82.2 Å². The van der Waals surface area contributed by atoms with Gasteiger partial charge in [0.2, 0.25) is 0 Å². The van der Waals surface area contributed by atoms with Crippen molar-refractivity contribution in [3.05, 3.63) is 21.9 Å². The van der Waals surface area contributed by atoms with Crippen molar-refractivity contribution in [3.63, 3.8) is 0 Å².